The number of hydrogen-bond donors (Lipinski definition) is 2. The van der Waals surface area contributed by atoms with Crippen LogP contribution in [0.5, 0.6) is 0 Å². The molecule has 0 bridgehead atoms. The monoisotopic (exact) mass is 218 g/mol. The van der Waals surface area contributed by atoms with Crippen LogP contribution in [0.2, 0.25) is 0 Å². The van der Waals surface area contributed by atoms with Gasteiger partial charge in [-0.3, -0.25) is 4.79 Å². The topological polar surface area (TPSA) is 64.3 Å². The van der Waals surface area contributed by atoms with Gasteiger partial charge in [0.1, 0.15) is 0 Å². The van der Waals surface area contributed by atoms with Gasteiger partial charge in [0.15, 0.2) is 0 Å². The molecule has 3 rings (SSSR count). The van der Waals surface area contributed by atoms with E-state index in [4.69, 9.17) is 10.5 Å². The second-order valence-electron chi connectivity index (χ2n) is 4.45. The first-order chi connectivity index (χ1) is 7.72. The molecule has 16 heavy (non-hydrogen) atoms. The zero-order chi connectivity index (χ0) is 11.2. The molecule has 0 aliphatic carbocycles. The Morgan fingerprint density at radius 1 is 1.31 bits per heavy atom. The molecular formula is C12H14N2O2. The van der Waals surface area contributed by atoms with E-state index in [0.717, 1.165) is 24.1 Å². The maximum absolute atomic E-state index is 12.1. The summed E-state index contributed by atoms with van der Waals surface area (Å²) in [4.78, 5) is 12.1. The van der Waals surface area contributed by atoms with E-state index in [1.807, 2.05) is 18.2 Å². The van der Waals surface area contributed by atoms with Crippen molar-refractivity contribution in [3.05, 3.63) is 23.8 Å². The fraction of sp³-hybridized carbons (Fsp3) is 0.417. The number of nitrogens with two attached hydrogens (primary N) is 1. The zero-order valence-corrected chi connectivity index (χ0v) is 8.95. The third-order valence-corrected chi connectivity index (χ3v) is 3.59. The summed E-state index contributed by atoms with van der Waals surface area (Å²) < 4.78 is 5.34. The molecule has 4 heteroatoms. The summed E-state index contributed by atoms with van der Waals surface area (Å²) in [5, 5.41) is 2.94. The van der Waals surface area contributed by atoms with Gasteiger partial charge in [-0.2, -0.15) is 0 Å². The van der Waals surface area contributed by atoms with Crippen LogP contribution >= 0.6 is 0 Å². The fourth-order valence-electron chi connectivity index (χ4n) is 2.65. The van der Waals surface area contributed by atoms with Gasteiger partial charge in [0.2, 0.25) is 5.91 Å². The lowest BCUT2D eigenvalue weighted by Gasteiger charge is -2.31. The predicted octanol–water partition coefficient (Wildman–Crippen LogP) is 1.27. The smallest absolute Gasteiger partial charge is 0.235 e. The van der Waals surface area contributed by atoms with Crippen molar-refractivity contribution in [3.63, 3.8) is 0 Å². The van der Waals surface area contributed by atoms with Crippen molar-refractivity contribution < 1.29 is 9.53 Å². The molecule has 1 fully saturated rings. The molecule has 84 valence electrons. The molecule has 2 aliphatic rings. The Kier molecular flexibility index (Phi) is 1.94. The minimum Gasteiger partial charge on any atom is -0.399 e. The highest BCUT2D eigenvalue weighted by Gasteiger charge is 2.47. The number of carbonyl (C=O) groups is 1. The molecule has 0 atom stereocenters. The van der Waals surface area contributed by atoms with Gasteiger partial charge in [-0.05, 0) is 36.6 Å². The quantitative estimate of drug-likeness (QED) is 0.644. The molecule has 1 spiro atoms. The van der Waals surface area contributed by atoms with Crippen LogP contribution in [-0.4, -0.2) is 19.1 Å². The van der Waals surface area contributed by atoms with E-state index >= 15 is 0 Å². The van der Waals surface area contributed by atoms with Crippen LogP contribution in [0.25, 0.3) is 0 Å². The molecule has 0 radical (unpaired) electrons. The Hall–Kier alpha value is -1.55. The van der Waals surface area contributed by atoms with E-state index in [9.17, 15) is 4.79 Å². The second kappa shape index (κ2) is 3.22. The van der Waals surface area contributed by atoms with Crippen molar-refractivity contribution in [1.29, 1.82) is 0 Å². The van der Waals surface area contributed by atoms with E-state index in [2.05, 4.69) is 5.32 Å². The van der Waals surface area contributed by atoms with E-state index in [1.54, 1.807) is 0 Å². The number of rotatable bonds is 0. The summed E-state index contributed by atoms with van der Waals surface area (Å²) in [6.07, 6.45) is 1.49. The number of nitrogens with one attached hydrogen (secondary N) is 1. The van der Waals surface area contributed by atoms with Gasteiger partial charge >= 0.3 is 0 Å². The Morgan fingerprint density at radius 3 is 2.81 bits per heavy atom. The van der Waals surface area contributed by atoms with E-state index in [0.29, 0.717) is 18.9 Å². The molecule has 0 unspecified atom stereocenters. The number of hydrogen-bond acceptors (Lipinski definition) is 3. The molecule has 1 aromatic carbocycles. The lowest BCUT2D eigenvalue weighted by Crippen LogP contribution is -2.40. The highest BCUT2D eigenvalue weighted by atomic mass is 16.5. The summed E-state index contributed by atoms with van der Waals surface area (Å²) >= 11 is 0. The van der Waals surface area contributed by atoms with Gasteiger partial charge in [-0.1, -0.05) is 0 Å². The van der Waals surface area contributed by atoms with Gasteiger partial charge in [-0.25, -0.2) is 0 Å². The van der Waals surface area contributed by atoms with Gasteiger partial charge in [0.05, 0.1) is 5.41 Å². The Labute approximate surface area is 93.8 Å². The molecule has 0 saturated carbocycles. The Morgan fingerprint density at radius 2 is 2.06 bits per heavy atom. The summed E-state index contributed by atoms with van der Waals surface area (Å²) in [5.41, 5.74) is 8.05. The average molecular weight is 218 g/mol. The molecule has 2 aliphatic heterocycles. The molecular weight excluding hydrogens is 204 g/mol. The normalized spacial score (nSPS) is 21.9. The first-order valence-corrected chi connectivity index (χ1v) is 5.52. The highest BCUT2D eigenvalue weighted by Crippen LogP contribution is 2.45. The van der Waals surface area contributed by atoms with Crippen LogP contribution in [0.1, 0.15) is 18.4 Å². The number of nitrogen functional groups attached to an aromatic ring is 1. The number of carbonyl (C=O) groups excluding carboxylic acids is 1. The third-order valence-electron chi connectivity index (χ3n) is 3.59. The van der Waals surface area contributed by atoms with Crippen LogP contribution in [0.3, 0.4) is 0 Å². The molecule has 2 heterocycles. The van der Waals surface area contributed by atoms with Crippen molar-refractivity contribution in [2.75, 3.05) is 24.3 Å². The van der Waals surface area contributed by atoms with Crippen molar-refractivity contribution in [2.45, 2.75) is 18.3 Å². The third kappa shape index (κ3) is 1.16. The summed E-state index contributed by atoms with van der Waals surface area (Å²) in [6, 6.07) is 5.61. The van der Waals surface area contributed by atoms with Gasteiger partial charge in [0.25, 0.3) is 0 Å². The molecule has 3 N–H and O–H groups in total. The highest BCUT2D eigenvalue weighted by molar-refractivity contribution is 6.06. The summed E-state index contributed by atoms with van der Waals surface area (Å²) in [6.45, 7) is 1.28. The standard InChI is InChI=1S/C12H14N2O2/c13-8-1-2-10-9(7-8)12(11(15)14-10)3-5-16-6-4-12/h1-2,7H,3-6,13H2,(H,14,15). The number of anilines is 2. The maximum atomic E-state index is 12.1. The number of benzene rings is 1. The zero-order valence-electron chi connectivity index (χ0n) is 8.95. The minimum absolute atomic E-state index is 0.0939. The lowest BCUT2D eigenvalue weighted by atomic mass is 9.75. The predicted molar refractivity (Wildman–Crippen MR) is 61.2 cm³/mol. The van der Waals surface area contributed by atoms with Gasteiger partial charge < -0.3 is 15.8 Å². The van der Waals surface area contributed by atoms with Crippen molar-refractivity contribution >= 4 is 17.3 Å². The van der Waals surface area contributed by atoms with Crippen LogP contribution < -0.4 is 11.1 Å². The van der Waals surface area contributed by atoms with Gasteiger partial charge in [0, 0.05) is 24.6 Å². The second-order valence-corrected chi connectivity index (χ2v) is 4.45. The molecule has 1 aromatic rings. The van der Waals surface area contributed by atoms with Gasteiger partial charge in [-0.15, -0.1) is 0 Å². The first kappa shape index (κ1) is 9.66. The fourth-order valence-corrected chi connectivity index (χ4v) is 2.65. The summed E-state index contributed by atoms with van der Waals surface area (Å²) in [5.74, 6) is 0.0939. The molecule has 0 aromatic heterocycles. The lowest BCUT2D eigenvalue weighted by molar-refractivity contribution is -0.124. The number of amides is 1. The van der Waals surface area contributed by atoms with Crippen LogP contribution in [0.4, 0.5) is 11.4 Å². The average Bonchev–Trinajstić information content (AvgIpc) is 2.55. The van der Waals surface area contributed by atoms with Crippen molar-refractivity contribution in [3.8, 4) is 0 Å². The van der Waals surface area contributed by atoms with Crippen LogP contribution in [0, 0.1) is 0 Å². The van der Waals surface area contributed by atoms with Crippen LogP contribution in [-0.2, 0) is 14.9 Å². The Balaban J connectivity index is 2.13. The first-order valence-electron chi connectivity index (χ1n) is 5.52. The minimum atomic E-state index is -0.400. The molecule has 1 saturated heterocycles. The van der Waals surface area contributed by atoms with E-state index < -0.39 is 5.41 Å². The maximum Gasteiger partial charge on any atom is 0.235 e. The Bertz CT molecular complexity index is 450. The SMILES string of the molecule is Nc1ccc2c(c1)C1(CCOCC1)C(=O)N2. The van der Waals surface area contributed by atoms with Crippen molar-refractivity contribution in [2.24, 2.45) is 0 Å². The number of fused-ring (bicyclic) bond motifs is 2. The number of ether oxygens (including phenoxy) is 1. The van der Waals surface area contributed by atoms with E-state index in [-0.39, 0.29) is 5.91 Å². The largest absolute Gasteiger partial charge is 0.399 e. The van der Waals surface area contributed by atoms with E-state index in [1.165, 1.54) is 0 Å². The van der Waals surface area contributed by atoms with Crippen molar-refractivity contribution in [1.82, 2.24) is 0 Å². The molecule has 1 amide bonds. The van der Waals surface area contributed by atoms with Crippen LogP contribution in [0.15, 0.2) is 18.2 Å². The summed E-state index contributed by atoms with van der Waals surface area (Å²) in [7, 11) is 0. The molecule has 4 nitrogen and oxygen atoms in total.